The van der Waals surface area contributed by atoms with E-state index in [0.29, 0.717) is 0 Å². The van der Waals surface area contributed by atoms with Crippen LogP contribution >= 0.6 is 0 Å². The number of aliphatic hydroxyl groups is 1. The Kier molecular flexibility index (Phi) is 5.67. The number of carbonyl (C=O) groups is 1. The molecule has 0 bridgehead atoms. The highest BCUT2D eigenvalue weighted by Gasteiger charge is 2.49. The Bertz CT molecular complexity index is 212. The molecule has 0 aromatic rings. The average Bonchev–Trinajstić information content (AvgIpc) is 2.55. The molecule has 0 saturated carbocycles. The van der Waals surface area contributed by atoms with E-state index in [0.717, 1.165) is 4.90 Å². The molecule has 1 saturated heterocycles. The third-order valence-corrected chi connectivity index (χ3v) is 2.03. The Morgan fingerprint density at radius 2 is 2.13 bits per heavy atom. The standard InChI is InChI=1S/C7H11F2NO3.C2H6/c1-13-5-2-10(6(12)3-11)4-7(5,8)9;1-2/h5,11H,2-4H2,1H3;1-2H3. The molecule has 0 aromatic heterocycles. The van der Waals surface area contributed by atoms with Crippen LogP contribution in [0.2, 0.25) is 0 Å². The van der Waals surface area contributed by atoms with Crippen molar-refractivity contribution in [1.29, 1.82) is 0 Å². The number of methoxy groups -OCH3 is 1. The van der Waals surface area contributed by atoms with Crippen LogP contribution in [0, 0.1) is 0 Å². The Balaban J connectivity index is 0.000000921. The van der Waals surface area contributed by atoms with E-state index in [1.165, 1.54) is 7.11 Å². The fraction of sp³-hybridized carbons (Fsp3) is 0.889. The van der Waals surface area contributed by atoms with Crippen LogP contribution in [0.25, 0.3) is 0 Å². The third-order valence-electron chi connectivity index (χ3n) is 2.03. The fourth-order valence-electron chi connectivity index (χ4n) is 1.29. The van der Waals surface area contributed by atoms with E-state index in [1.807, 2.05) is 13.8 Å². The van der Waals surface area contributed by atoms with E-state index in [4.69, 9.17) is 5.11 Å². The van der Waals surface area contributed by atoms with Crippen LogP contribution in [0.15, 0.2) is 0 Å². The molecular weight excluding hydrogens is 208 g/mol. The number of nitrogens with zero attached hydrogens (tertiary/aromatic N) is 1. The predicted molar refractivity (Wildman–Crippen MR) is 50.8 cm³/mol. The Morgan fingerprint density at radius 1 is 1.60 bits per heavy atom. The molecule has 0 radical (unpaired) electrons. The summed E-state index contributed by atoms with van der Waals surface area (Å²) in [4.78, 5) is 11.7. The molecule has 1 N–H and O–H groups in total. The number of rotatable bonds is 2. The number of likely N-dealkylation sites (tertiary alicyclic amines) is 1. The van der Waals surface area contributed by atoms with E-state index in [9.17, 15) is 13.6 Å². The molecule has 1 unspecified atom stereocenters. The van der Waals surface area contributed by atoms with Crippen molar-refractivity contribution in [2.75, 3.05) is 26.8 Å². The molecule has 15 heavy (non-hydrogen) atoms. The second kappa shape index (κ2) is 5.97. The van der Waals surface area contributed by atoms with Gasteiger partial charge in [-0.25, -0.2) is 8.78 Å². The summed E-state index contributed by atoms with van der Waals surface area (Å²) in [6, 6.07) is 0. The SMILES string of the molecule is CC.COC1CN(C(=O)CO)CC1(F)F. The van der Waals surface area contributed by atoms with E-state index < -0.39 is 31.1 Å². The van der Waals surface area contributed by atoms with Gasteiger partial charge in [-0.05, 0) is 0 Å². The topological polar surface area (TPSA) is 49.8 Å². The van der Waals surface area contributed by atoms with Gasteiger partial charge in [0.15, 0.2) is 0 Å². The van der Waals surface area contributed by atoms with Crippen LogP contribution in [0.3, 0.4) is 0 Å². The van der Waals surface area contributed by atoms with Crippen molar-refractivity contribution in [2.45, 2.75) is 25.9 Å². The zero-order valence-corrected chi connectivity index (χ0v) is 9.17. The van der Waals surface area contributed by atoms with Crippen molar-refractivity contribution < 1.29 is 23.4 Å². The van der Waals surface area contributed by atoms with Crippen molar-refractivity contribution in [3.63, 3.8) is 0 Å². The van der Waals surface area contributed by atoms with E-state index in [1.54, 1.807) is 0 Å². The Labute approximate surface area is 87.8 Å². The number of amides is 1. The monoisotopic (exact) mass is 225 g/mol. The number of aliphatic hydroxyl groups excluding tert-OH is 1. The second-order valence-electron chi connectivity index (χ2n) is 2.92. The lowest BCUT2D eigenvalue weighted by atomic mass is 10.2. The maximum absolute atomic E-state index is 13.0. The molecule has 1 aliphatic heterocycles. The molecule has 1 heterocycles. The molecule has 1 rings (SSSR count). The van der Waals surface area contributed by atoms with Gasteiger partial charge in [0.05, 0.1) is 13.1 Å². The summed E-state index contributed by atoms with van der Waals surface area (Å²) in [7, 11) is 1.17. The zero-order chi connectivity index (χ0) is 12.1. The largest absolute Gasteiger partial charge is 0.387 e. The first-order valence-corrected chi connectivity index (χ1v) is 4.80. The van der Waals surface area contributed by atoms with Gasteiger partial charge in [0.2, 0.25) is 5.91 Å². The van der Waals surface area contributed by atoms with Gasteiger partial charge in [-0.1, -0.05) is 13.8 Å². The smallest absolute Gasteiger partial charge is 0.292 e. The van der Waals surface area contributed by atoms with Crippen LogP contribution in [-0.2, 0) is 9.53 Å². The Morgan fingerprint density at radius 3 is 2.47 bits per heavy atom. The first kappa shape index (κ1) is 14.2. The highest BCUT2D eigenvalue weighted by atomic mass is 19.3. The molecule has 4 nitrogen and oxygen atoms in total. The van der Waals surface area contributed by atoms with Crippen molar-refractivity contribution in [3.8, 4) is 0 Å². The number of hydrogen-bond donors (Lipinski definition) is 1. The summed E-state index contributed by atoms with van der Waals surface area (Å²) in [5.74, 6) is -3.71. The molecular formula is C9H17F2NO3. The van der Waals surface area contributed by atoms with Gasteiger partial charge in [-0.3, -0.25) is 4.79 Å². The molecule has 1 amide bonds. The molecule has 1 fully saturated rings. The maximum Gasteiger partial charge on any atom is 0.292 e. The second-order valence-corrected chi connectivity index (χ2v) is 2.92. The van der Waals surface area contributed by atoms with Crippen LogP contribution in [-0.4, -0.2) is 54.7 Å². The predicted octanol–water partition coefficient (Wildman–Crippen LogP) is 0.497. The first-order chi connectivity index (χ1) is 7.01. The van der Waals surface area contributed by atoms with Gasteiger partial charge >= 0.3 is 0 Å². The minimum atomic E-state index is -3.01. The molecule has 1 aliphatic rings. The average molecular weight is 225 g/mol. The summed E-state index contributed by atoms with van der Waals surface area (Å²) in [5.41, 5.74) is 0. The number of halogens is 2. The minimum Gasteiger partial charge on any atom is -0.387 e. The van der Waals surface area contributed by atoms with Gasteiger partial charge in [0.1, 0.15) is 12.7 Å². The van der Waals surface area contributed by atoms with Crippen LogP contribution in [0.5, 0.6) is 0 Å². The summed E-state index contributed by atoms with van der Waals surface area (Å²) in [6.45, 7) is 2.42. The summed E-state index contributed by atoms with van der Waals surface area (Å²) in [6.07, 6.45) is -1.26. The number of ether oxygens (including phenoxy) is 1. The Hall–Kier alpha value is -0.750. The van der Waals surface area contributed by atoms with Crippen LogP contribution in [0.4, 0.5) is 8.78 Å². The fourth-order valence-corrected chi connectivity index (χ4v) is 1.29. The summed E-state index contributed by atoms with van der Waals surface area (Å²) < 4.78 is 30.4. The first-order valence-electron chi connectivity index (χ1n) is 4.80. The van der Waals surface area contributed by atoms with Crippen LogP contribution in [0.1, 0.15) is 13.8 Å². The highest BCUT2D eigenvalue weighted by Crippen LogP contribution is 2.29. The molecule has 0 aromatic carbocycles. The lowest BCUT2D eigenvalue weighted by molar-refractivity contribution is -0.134. The van der Waals surface area contributed by atoms with Crippen LogP contribution < -0.4 is 0 Å². The quantitative estimate of drug-likeness (QED) is 0.744. The van der Waals surface area contributed by atoms with E-state index in [2.05, 4.69) is 4.74 Å². The number of carbonyl (C=O) groups excluding carboxylic acids is 1. The lowest BCUT2D eigenvalue weighted by Crippen LogP contribution is -2.33. The molecule has 6 heteroatoms. The molecule has 90 valence electrons. The van der Waals surface area contributed by atoms with Gasteiger partial charge in [-0.15, -0.1) is 0 Å². The number of hydrogen-bond acceptors (Lipinski definition) is 3. The van der Waals surface area contributed by atoms with Gasteiger partial charge in [-0.2, -0.15) is 0 Å². The summed E-state index contributed by atoms with van der Waals surface area (Å²) in [5, 5.41) is 8.45. The molecule has 0 aliphatic carbocycles. The third kappa shape index (κ3) is 3.39. The molecule has 1 atom stereocenters. The highest BCUT2D eigenvalue weighted by molar-refractivity contribution is 5.77. The number of alkyl halides is 2. The van der Waals surface area contributed by atoms with Crippen molar-refractivity contribution >= 4 is 5.91 Å². The van der Waals surface area contributed by atoms with Crippen molar-refractivity contribution in [3.05, 3.63) is 0 Å². The van der Waals surface area contributed by atoms with Gasteiger partial charge in [0.25, 0.3) is 5.92 Å². The lowest BCUT2D eigenvalue weighted by Gasteiger charge is -2.14. The van der Waals surface area contributed by atoms with Gasteiger partial charge < -0.3 is 14.7 Å². The van der Waals surface area contributed by atoms with Gasteiger partial charge in [0, 0.05) is 7.11 Å². The molecule has 0 spiro atoms. The normalized spacial score (nSPS) is 23.3. The minimum absolute atomic E-state index is 0.164. The van der Waals surface area contributed by atoms with Crippen molar-refractivity contribution in [2.24, 2.45) is 0 Å². The zero-order valence-electron chi connectivity index (χ0n) is 9.17. The van der Waals surface area contributed by atoms with E-state index >= 15 is 0 Å². The van der Waals surface area contributed by atoms with E-state index in [-0.39, 0.29) is 6.54 Å². The maximum atomic E-state index is 13.0. The van der Waals surface area contributed by atoms with Crippen molar-refractivity contribution in [1.82, 2.24) is 4.90 Å². The summed E-state index contributed by atoms with van der Waals surface area (Å²) >= 11 is 0.